The van der Waals surface area contributed by atoms with Crippen LogP contribution in [0.2, 0.25) is 10.0 Å². The summed E-state index contributed by atoms with van der Waals surface area (Å²) in [4.78, 5) is 38.7. The maximum absolute atomic E-state index is 13.8. The Kier molecular flexibility index (Phi) is 8.25. The van der Waals surface area contributed by atoms with Crippen LogP contribution < -0.4 is 10.2 Å². The molecule has 0 aromatic heterocycles. The van der Waals surface area contributed by atoms with Crippen molar-refractivity contribution in [2.75, 3.05) is 18.1 Å². The third-order valence-corrected chi connectivity index (χ3v) is 6.23. The molecule has 1 heterocycles. The molecule has 0 bridgehead atoms. The minimum absolute atomic E-state index is 0.267. The highest BCUT2D eigenvalue weighted by Gasteiger charge is 2.38. The monoisotopic (exact) mass is 526 g/mol. The van der Waals surface area contributed by atoms with Gasteiger partial charge in [-0.2, -0.15) is 0 Å². The van der Waals surface area contributed by atoms with Gasteiger partial charge in [-0.3, -0.25) is 14.4 Å². The number of rotatable bonds is 7. The predicted molar refractivity (Wildman–Crippen MR) is 137 cm³/mol. The molecule has 7 nitrogen and oxygen atoms in total. The lowest BCUT2D eigenvalue weighted by molar-refractivity contribution is -0.152. The van der Waals surface area contributed by atoms with Crippen LogP contribution in [-0.2, 0) is 30.4 Å². The van der Waals surface area contributed by atoms with Gasteiger partial charge in [0.1, 0.15) is 19.3 Å². The highest BCUT2D eigenvalue weighted by atomic mass is 35.5. The van der Waals surface area contributed by atoms with Crippen LogP contribution in [0.1, 0.15) is 29.7 Å². The fourth-order valence-corrected chi connectivity index (χ4v) is 4.37. The second kappa shape index (κ2) is 11.6. The van der Waals surface area contributed by atoms with Gasteiger partial charge in [0.05, 0.1) is 12.2 Å². The summed E-state index contributed by atoms with van der Waals surface area (Å²) in [5.74, 6) is -1.44. The molecule has 0 saturated carbocycles. The van der Waals surface area contributed by atoms with Gasteiger partial charge in [0.15, 0.2) is 6.10 Å². The summed E-state index contributed by atoms with van der Waals surface area (Å²) in [6.07, 6.45) is -1.89. The molecule has 9 heteroatoms. The summed E-state index contributed by atoms with van der Waals surface area (Å²) in [5, 5.41) is 3.31. The molecule has 36 heavy (non-hydrogen) atoms. The Hall–Kier alpha value is -3.39. The molecule has 3 aromatic rings. The fourth-order valence-electron chi connectivity index (χ4n) is 3.95. The number of ether oxygens (including phenoxy) is 2. The largest absolute Gasteiger partial charge is 0.461 e. The van der Waals surface area contributed by atoms with Gasteiger partial charge >= 0.3 is 5.97 Å². The van der Waals surface area contributed by atoms with Gasteiger partial charge in [-0.1, -0.05) is 71.7 Å². The van der Waals surface area contributed by atoms with Crippen molar-refractivity contribution in [3.63, 3.8) is 0 Å². The molecule has 1 aliphatic rings. The van der Waals surface area contributed by atoms with Crippen molar-refractivity contribution in [1.29, 1.82) is 0 Å². The summed E-state index contributed by atoms with van der Waals surface area (Å²) >= 11 is 12.9. The number of anilines is 1. The lowest BCUT2D eigenvalue weighted by Gasteiger charge is -2.25. The Bertz CT molecular complexity index is 1270. The van der Waals surface area contributed by atoms with Gasteiger partial charge in [0.2, 0.25) is 5.91 Å². The number of nitrogens with one attached hydrogen (secondary N) is 1. The second-order valence-electron chi connectivity index (χ2n) is 8.23. The van der Waals surface area contributed by atoms with Crippen molar-refractivity contribution in [3.05, 3.63) is 99.5 Å². The number of esters is 1. The first-order valence-corrected chi connectivity index (χ1v) is 12.0. The summed E-state index contributed by atoms with van der Waals surface area (Å²) in [5.41, 5.74) is 2.83. The third-order valence-electron chi connectivity index (χ3n) is 5.65. The Morgan fingerprint density at radius 1 is 1.00 bits per heavy atom. The number of amides is 2. The molecule has 0 radical (unpaired) electrons. The van der Waals surface area contributed by atoms with Crippen molar-refractivity contribution in [3.8, 4) is 0 Å². The van der Waals surface area contributed by atoms with Crippen LogP contribution in [0.25, 0.3) is 0 Å². The van der Waals surface area contributed by atoms with Crippen LogP contribution in [0.3, 0.4) is 0 Å². The van der Waals surface area contributed by atoms with E-state index in [1.54, 1.807) is 35.2 Å². The number of nitrogens with zero attached hydrogens (tertiary/aromatic N) is 1. The standard InChI is InChI=1S/C27H24Cl2N2O5/c1-17(32)30-14-25(33)35-16-24-27(34)31(15-18-7-3-2-4-8-18)23-12-11-19(28)13-21(23)26(36-24)20-9-5-6-10-22(20)29/h2-13,24,26H,14-16H2,1H3,(H,30,32)/t24-,26-/m0/s1. The number of carbonyl (C=O) groups excluding carboxylic acids is 3. The van der Waals surface area contributed by atoms with Crippen molar-refractivity contribution >= 4 is 46.7 Å². The lowest BCUT2D eigenvalue weighted by Crippen LogP contribution is -2.42. The number of halogens is 2. The molecular formula is C27H24Cl2N2O5. The van der Waals surface area contributed by atoms with E-state index in [0.29, 0.717) is 26.9 Å². The maximum Gasteiger partial charge on any atom is 0.325 e. The predicted octanol–water partition coefficient (Wildman–Crippen LogP) is 4.69. The SMILES string of the molecule is CC(=O)NCC(=O)OC[C@@H]1O[C@@H](c2ccccc2Cl)c2cc(Cl)ccc2N(Cc2ccccc2)C1=O. The van der Waals surface area contributed by atoms with E-state index in [4.69, 9.17) is 32.7 Å². The summed E-state index contributed by atoms with van der Waals surface area (Å²) in [6, 6.07) is 21.9. The summed E-state index contributed by atoms with van der Waals surface area (Å²) < 4.78 is 11.6. The molecule has 186 valence electrons. The van der Waals surface area contributed by atoms with Gasteiger partial charge in [0, 0.05) is 28.1 Å². The van der Waals surface area contributed by atoms with E-state index in [-0.39, 0.29) is 31.5 Å². The Morgan fingerprint density at radius 3 is 2.44 bits per heavy atom. The van der Waals surface area contributed by atoms with Gasteiger partial charge in [-0.15, -0.1) is 0 Å². The minimum Gasteiger partial charge on any atom is -0.461 e. The van der Waals surface area contributed by atoms with Crippen molar-refractivity contribution in [1.82, 2.24) is 5.32 Å². The van der Waals surface area contributed by atoms with Crippen molar-refractivity contribution in [2.45, 2.75) is 25.7 Å². The second-order valence-corrected chi connectivity index (χ2v) is 9.08. The Labute approximate surface area is 218 Å². The van der Waals surface area contributed by atoms with Crippen LogP contribution in [0, 0.1) is 0 Å². The summed E-state index contributed by atoms with van der Waals surface area (Å²) in [6.45, 7) is 0.908. The number of benzene rings is 3. The molecule has 1 N–H and O–H groups in total. The van der Waals surface area contributed by atoms with E-state index < -0.39 is 18.2 Å². The number of fused-ring (bicyclic) bond motifs is 1. The molecular weight excluding hydrogens is 503 g/mol. The van der Waals surface area contributed by atoms with Crippen LogP contribution in [0.4, 0.5) is 5.69 Å². The molecule has 0 fully saturated rings. The Balaban J connectivity index is 1.74. The smallest absolute Gasteiger partial charge is 0.325 e. The van der Waals surface area contributed by atoms with E-state index in [1.165, 1.54) is 6.92 Å². The van der Waals surface area contributed by atoms with E-state index in [0.717, 1.165) is 5.56 Å². The molecule has 0 saturated heterocycles. The normalized spacial score (nSPS) is 17.2. The van der Waals surface area contributed by atoms with Crippen molar-refractivity contribution in [2.24, 2.45) is 0 Å². The fraction of sp³-hybridized carbons (Fsp3) is 0.222. The van der Waals surface area contributed by atoms with Crippen LogP contribution in [0.15, 0.2) is 72.8 Å². The first-order chi connectivity index (χ1) is 17.3. The average molecular weight is 527 g/mol. The van der Waals surface area contributed by atoms with Gasteiger partial charge < -0.3 is 19.7 Å². The average Bonchev–Trinajstić information content (AvgIpc) is 2.97. The number of carbonyl (C=O) groups is 3. The highest BCUT2D eigenvalue weighted by molar-refractivity contribution is 6.31. The van der Waals surface area contributed by atoms with E-state index in [2.05, 4.69) is 5.32 Å². The number of hydrogen-bond donors (Lipinski definition) is 1. The van der Waals surface area contributed by atoms with E-state index in [1.807, 2.05) is 42.5 Å². The van der Waals surface area contributed by atoms with Crippen LogP contribution >= 0.6 is 23.2 Å². The topological polar surface area (TPSA) is 84.9 Å². The van der Waals surface area contributed by atoms with Gasteiger partial charge in [0.25, 0.3) is 5.91 Å². The first kappa shape index (κ1) is 25.7. The third kappa shape index (κ3) is 6.05. The molecule has 4 rings (SSSR count). The molecule has 1 aliphatic heterocycles. The zero-order chi connectivity index (χ0) is 25.7. The molecule has 3 aromatic carbocycles. The van der Waals surface area contributed by atoms with Gasteiger partial charge in [-0.25, -0.2) is 0 Å². The molecule has 0 spiro atoms. The molecule has 2 atom stereocenters. The van der Waals surface area contributed by atoms with E-state index in [9.17, 15) is 14.4 Å². The number of hydrogen-bond acceptors (Lipinski definition) is 5. The van der Waals surface area contributed by atoms with Gasteiger partial charge in [-0.05, 0) is 29.8 Å². The first-order valence-electron chi connectivity index (χ1n) is 11.3. The van der Waals surface area contributed by atoms with Crippen molar-refractivity contribution < 1.29 is 23.9 Å². The zero-order valence-electron chi connectivity index (χ0n) is 19.4. The summed E-state index contributed by atoms with van der Waals surface area (Å²) in [7, 11) is 0. The van der Waals surface area contributed by atoms with Crippen LogP contribution in [-0.4, -0.2) is 37.0 Å². The quantitative estimate of drug-likeness (QED) is 0.451. The lowest BCUT2D eigenvalue weighted by atomic mass is 9.99. The maximum atomic E-state index is 13.8. The molecule has 0 aliphatic carbocycles. The zero-order valence-corrected chi connectivity index (χ0v) is 21.0. The molecule has 0 unspecified atom stereocenters. The molecule has 2 amide bonds. The van der Waals surface area contributed by atoms with Crippen LogP contribution in [0.5, 0.6) is 0 Å². The minimum atomic E-state index is -1.14. The Morgan fingerprint density at radius 2 is 1.72 bits per heavy atom. The highest BCUT2D eigenvalue weighted by Crippen LogP contribution is 2.41. The van der Waals surface area contributed by atoms with E-state index >= 15 is 0 Å².